The van der Waals surface area contributed by atoms with Crippen LogP contribution in [0.3, 0.4) is 0 Å². The Bertz CT molecular complexity index is 503. The fourth-order valence-electron chi connectivity index (χ4n) is 1.42. The zero-order valence-corrected chi connectivity index (χ0v) is 10.0. The summed E-state index contributed by atoms with van der Waals surface area (Å²) < 4.78 is 25.7. The van der Waals surface area contributed by atoms with Crippen LogP contribution < -0.4 is 5.32 Å². The second kappa shape index (κ2) is 6.63. The fraction of sp³-hybridized carbons (Fsp3) is 0.231. The van der Waals surface area contributed by atoms with Gasteiger partial charge in [0, 0.05) is 5.56 Å². The molecule has 1 amide bonds. The molecule has 1 aromatic rings. The maximum absolute atomic E-state index is 13.0. The monoisotopic (exact) mass is 269 g/mol. The predicted molar refractivity (Wildman–Crippen MR) is 64.7 cm³/mol. The maximum atomic E-state index is 13.0. The number of aliphatic carboxylic acids is 1. The number of carboxylic acids is 1. The third-order valence-electron chi connectivity index (χ3n) is 2.44. The minimum atomic E-state index is -1.20. The van der Waals surface area contributed by atoms with Crippen LogP contribution in [-0.4, -0.2) is 23.0 Å². The van der Waals surface area contributed by atoms with Crippen molar-refractivity contribution < 1.29 is 23.5 Å². The van der Waals surface area contributed by atoms with Crippen molar-refractivity contribution in [2.24, 2.45) is 0 Å². The highest BCUT2D eigenvalue weighted by atomic mass is 19.2. The van der Waals surface area contributed by atoms with Gasteiger partial charge in [-0.25, -0.2) is 13.6 Å². The fourth-order valence-corrected chi connectivity index (χ4v) is 1.42. The van der Waals surface area contributed by atoms with E-state index in [-0.39, 0.29) is 12.0 Å². The Hall–Kier alpha value is -2.24. The summed E-state index contributed by atoms with van der Waals surface area (Å²) in [6.45, 7) is 3.45. The van der Waals surface area contributed by atoms with Gasteiger partial charge in [0.1, 0.15) is 6.04 Å². The highest BCUT2D eigenvalue weighted by Crippen LogP contribution is 2.09. The lowest BCUT2D eigenvalue weighted by atomic mass is 10.1. The number of allylic oxidation sites excluding steroid dienone is 1. The molecule has 102 valence electrons. The average molecular weight is 269 g/mol. The molecule has 0 heterocycles. The highest BCUT2D eigenvalue weighted by molar-refractivity contribution is 5.96. The van der Waals surface area contributed by atoms with Gasteiger partial charge in [0.2, 0.25) is 0 Å². The topological polar surface area (TPSA) is 66.4 Å². The summed E-state index contributed by atoms with van der Waals surface area (Å²) in [5, 5.41) is 11.2. The van der Waals surface area contributed by atoms with Crippen LogP contribution in [0.1, 0.15) is 23.2 Å². The quantitative estimate of drug-likeness (QED) is 0.777. The number of benzene rings is 1. The minimum Gasteiger partial charge on any atom is -0.480 e. The number of rotatable bonds is 6. The Morgan fingerprint density at radius 3 is 2.58 bits per heavy atom. The maximum Gasteiger partial charge on any atom is 0.326 e. The highest BCUT2D eigenvalue weighted by Gasteiger charge is 2.20. The molecule has 0 saturated heterocycles. The molecule has 0 bridgehead atoms. The molecule has 19 heavy (non-hydrogen) atoms. The van der Waals surface area contributed by atoms with Crippen molar-refractivity contribution in [3.8, 4) is 0 Å². The number of nitrogens with one attached hydrogen (secondary N) is 1. The summed E-state index contributed by atoms with van der Waals surface area (Å²) in [5.74, 6) is -4.20. The van der Waals surface area contributed by atoms with E-state index in [0.29, 0.717) is 6.42 Å². The molecule has 1 aromatic carbocycles. The van der Waals surface area contributed by atoms with Crippen molar-refractivity contribution in [3.05, 3.63) is 48.1 Å². The number of amides is 1. The smallest absolute Gasteiger partial charge is 0.326 e. The summed E-state index contributed by atoms with van der Waals surface area (Å²) in [6, 6.07) is 1.51. The van der Waals surface area contributed by atoms with E-state index in [1.54, 1.807) is 0 Å². The van der Waals surface area contributed by atoms with Crippen LogP contribution in [-0.2, 0) is 4.79 Å². The van der Waals surface area contributed by atoms with Gasteiger partial charge in [-0.3, -0.25) is 4.79 Å². The van der Waals surface area contributed by atoms with E-state index in [1.807, 2.05) is 0 Å². The summed E-state index contributed by atoms with van der Waals surface area (Å²) in [6.07, 6.45) is 2.11. The van der Waals surface area contributed by atoms with Crippen LogP contribution in [0, 0.1) is 11.6 Å². The molecule has 0 unspecified atom stereocenters. The van der Waals surface area contributed by atoms with E-state index in [9.17, 15) is 18.4 Å². The van der Waals surface area contributed by atoms with Gasteiger partial charge in [-0.05, 0) is 31.0 Å². The number of carboxylic acid groups (broad SMARTS) is 1. The molecule has 0 aliphatic rings. The molecule has 1 atom stereocenters. The Morgan fingerprint density at radius 2 is 2.05 bits per heavy atom. The van der Waals surface area contributed by atoms with Crippen molar-refractivity contribution in [2.75, 3.05) is 0 Å². The molecule has 2 N–H and O–H groups in total. The lowest BCUT2D eigenvalue weighted by Gasteiger charge is -2.13. The van der Waals surface area contributed by atoms with Crippen LogP contribution in [0.4, 0.5) is 8.78 Å². The van der Waals surface area contributed by atoms with Gasteiger partial charge in [0.15, 0.2) is 11.6 Å². The number of carbonyl (C=O) groups is 2. The lowest BCUT2D eigenvalue weighted by molar-refractivity contribution is -0.139. The Morgan fingerprint density at radius 1 is 1.37 bits per heavy atom. The number of halogens is 2. The first-order chi connectivity index (χ1) is 8.95. The zero-order chi connectivity index (χ0) is 14.4. The van der Waals surface area contributed by atoms with E-state index in [0.717, 1.165) is 18.2 Å². The first kappa shape index (κ1) is 14.8. The number of hydrogen-bond acceptors (Lipinski definition) is 2. The zero-order valence-electron chi connectivity index (χ0n) is 10.0. The molecule has 0 aromatic heterocycles. The van der Waals surface area contributed by atoms with Crippen LogP contribution in [0.25, 0.3) is 0 Å². The van der Waals surface area contributed by atoms with Gasteiger partial charge in [0.25, 0.3) is 5.91 Å². The standard InChI is InChI=1S/C13H13F2NO3/c1-2-3-4-11(13(18)19)16-12(17)8-5-6-9(14)10(15)7-8/h2,5-7,11H,1,3-4H2,(H,16,17)(H,18,19)/t11-/m0/s1. The van der Waals surface area contributed by atoms with E-state index in [2.05, 4.69) is 11.9 Å². The predicted octanol–water partition coefficient (Wildman–Crippen LogP) is 2.11. The van der Waals surface area contributed by atoms with Crippen molar-refractivity contribution in [1.29, 1.82) is 0 Å². The lowest BCUT2D eigenvalue weighted by Crippen LogP contribution is -2.40. The molecule has 4 nitrogen and oxygen atoms in total. The van der Waals surface area contributed by atoms with Gasteiger partial charge >= 0.3 is 5.97 Å². The molecule has 0 radical (unpaired) electrons. The van der Waals surface area contributed by atoms with E-state index in [4.69, 9.17) is 5.11 Å². The van der Waals surface area contributed by atoms with E-state index >= 15 is 0 Å². The van der Waals surface area contributed by atoms with Crippen molar-refractivity contribution >= 4 is 11.9 Å². The first-order valence-electron chi connectivity index (χ1n) is 5.55. The minimum absolute atomic E-state index is 0.135. The summed E-state index contributed by atoms with van der Waals surface area (Å²) in [7, 11) is 0. The SMILES string of the molecule is C=CCC[C@H](NC(=O)c1ccc(F)c(F)c1)C(=O)O. The second-order valence-electron chi connectivity index (χ2n) is 3.86. The summed E-state index contributed by atoms with van der Waals surface area (Å²) in [4.78, 5) is 22.6. The largest absolute Gasteiger partial charge is 0.480 e. The normalized spacial score (nSPS) is 11.7. The molecule has 0 aliphatic heterocycles. The molecule has 0 spiro atoms. The second-order valence-corrected chi connectivity index (χ2v) is 3.86. The van der Waals surface area contributed by atoms with Crippen molar-refractivity contribution in [1.82, 2.24) is 5.32 Å². The molecule has 0 fully saturated rings. The van der Waals surface area contributed by atoms with E-state index < -0.39 is 29.6 Å². The van der Waals surface area contributed by atoms with Gasteiger partial charge in [-0.15, -0.1) is 6.58 Å². The summed E-state index contributed by atoms with van der Waals surface area (Å²) >= 11 is 0. The van der Waals surface area contributed by atoms with Gasteiger partial charge < -0.3 is 10.4 Å². The van der Waals surface area contributed by atoms with E-state index in [1.165, 1.54) is 6.08 Å². The average Bonchev–Trinajstić information content (AvgIpc) is 2.37. The van der Waals surface area contributed by atoms with Gasteiger partial charge in [-0.1, -0.05) is 6.08 Å². The molecular formula is C13H13F2NO3. The number of hydrogen-bond donors (Lipinski definition) is 2. The molecule has 6 heteroatoms. The number of carbonyl (C=O) groups excluding carboxylic acids is 1. The van der Waals surface area contributed by atoms with Crippen LogP contribution in [0.5, 0.6) is 0 Å². The van der Waals surface area contributed by atoms with Crippen molar-refractivity contribution in [3.63, 3.8) is 0 Å². The van der Waals surface area contributed by atoms with Crippen LogP contribution in [0.15, 0.2) is 30.9 Å². The third kappa shape index (κ3) is 4.17. The molecule has 0 saturated carbocycles. The van der Waals surface area contributed by atoms with Crippen molar-refractivity contribution in [2.45, 2.75) is 18.9 Å². The third-order valence-corrected chi connectivity index (χ3v) is 2.44. The van der Waals surface area contributed by atoms with Crippen LogP contribution in [0.2, 0.25) is 0 Å². The Kier molecular flexibility index (Phi) is 5.17. The van der Waals surface area contributed by atoms with Crippen LogP contribution >= 0.6 is 0 Å². The molecule has 0 aliphatic carbocycles. The van der Waals surface area contributed by atoms with Gasteiger partial charge in [0.05, 0.1) is 0 Å². The molecular weight excluding hydrogens is 256 g/mol. The summed E-state index contributed by atoms with van der Waals surface area (Å²) in [5.41, 5.74) is -0.135. The first-order valence-corrected chi connectivity index (χ1v) is 5.55. The van der Waals surface area contributed by atoms with Gasteiger partial charge in [-0.2, -0.15) is 0 Å². The Balaban J connectivity index is 2.78. The molecule has 1 rings (SSSR count). The Labute approximate surface area is 108 Å².